The third kappa shape index (κ3) is 8.56. The van der Waals surface area contributed by atoms with Gasteiger partial charge in [0.25, 0.3) is 17.7 Å². The summed E-state index contributed by atoms with van der Waals surface area (Å²) in [4.78, 5) is 63.7. The number of primary amides is 1. The minimum atomic E-state index is -2.87. The molecule has 5 amide bonds. The van der Waals surface area contributed by atoms with Crippen molar-refractivity contribution in [3.63, 3.8) is 0 Å². The number of hydrogen-bond donors (Lipinski definition) is 3. The van der Waals surface area contributed by atoms with Gasteiger partial charge in [-0.1, -0.05) is 37.5 Å². The first-order valence-electron chi connectivity index (χ1n) is 22.4. The minimum absolute atomic E-state index is 0.0283. The van der Waals surface area contributed by atoms with Crippen LogP contribution in [0.2, 0.25) is 0 Å². The van der Waals surface area contributed by atoms with E-state index in [1.165, 1.54) is 34.9 Å². The number of piperidine rings is 3. The molecule has 17 heteroatoms. The molecule has 1 spiro atoms. The number of urea groups is 1. The fraction of sp³-hybridized carbons (Fsp3) is 0.522. The minimum Gasteiger partial charge on any atom is -0.385 e. The molecule has 6 aliphatic rings. The molecule has 5 fully saturated rings. The number of anilines is 4. The number of nitrogens with one attached hydrogen (secondary N) is 2. The Morgan fingerprint density at radius 3 is 2.32 bits per heavy atom. The maximum atomic E-state index is 16.1. The number of benzene rings is 2. The lowest BCUT2D eigenvalue weighted by Gasteiger charge is -2.51. The van der Waals surface area contributed by atoms with Gasteiger partial charge in [0.2, 0.25) is 5.91 Å². The Kier molecular flexibility index (Phi) is 11.6. The number of rotatable bonds is 8. The largest absolute Gasteiger partial charge is 0.385 e. The van der Waals surface area contributed by atoms with E-state index >= 15 is 8.78 Å². The molecule has 1 atom stereocenters. The number of imidazole rings is 1. The third-order valence-corrected chi connectivity index (χ3v) is 14.0. The van der Waals surface area contributed by atoms with Gasteiger partial charge in [-0.15, -0.1) is 5.10 Å². The number of nitrogens with two attached hydrogens (primary N) is 1. The molecule has 5 aliphatic heterocycles. The smallest absolute Gasteiger partial charge is 0.328 e. The van der Waals surface area contributed by atoms with Crippen LogP contribution >= 0.6 is 0 Å². The molecule has 2 aromatic heterocycles. The molecule has 1 aliphatic carbocycles. The van der Waals surface area contributed by atoms with E-state index in [4.69, 9.17) is 10.8 Å². The molecule has 4 saturated heterocycles. The van der Waals surface area contributed by atoms with Crippen molar-refractivity contribution in [1.82, 2.24) is 34.6 Å². The summed E-state index contributed by atoms with van der Waals surface area (Å²) in [6.07, 6.45) is 10.6. The number of aryl methyl sites for hydroxylation is 1. The van der Waals surface area contributed by atoms with E-state index in [0.29, 0.717) is 80.6 Å². The van der Waals surface area contributed by atoms with Crippen molar-refractivity contribution in [2.75, 3.05) is 74.5 Å². The van der Waals surface area contributed by atoms with Crippen molar-refractivity contribution < 1.29 is 28.0 Å². The molecular formula is C46H57F2N11O4. The highest BCUT2D eigenvalue weighted by Gasteiger charge is 2.50. The molecule has 4 N–H and O–H groups in total. The summed E-state index contributed by atoms with van der Waals surface area (Å²) in [5.74, 6) is -3.27. The molecule has 7 heterocycles. The molecule has 4 aromatic rings. The predicted molar refractivity (Wildman–Crippen MR) is 236 cm³/mol. The van der Waals surface area contributed by atoms with Crippen LogP contribution in [0.1, 0.15) is 95.3 Å². The van der Waals surface area contributed by atoms with Crippen LogP contribution in [0.4, 0.5) is 36.5 Å². The maximum absolute atomic E-state index is 16.1. The number of amides is 5. The van der Waals surface area contributed by atoms with Crippen molar-refractivity contribution >= 4 is 52.3 Å². The number of carbonyl (C=O) groups excluding carboxylic acids is 4. The van der Waals surface area contributed by atoms with Crippen LogP contribution in [0.15, 0.2) is 48.7 Å². The first kappa shape index (κ1) is 42.6. The number of likely N-dealkylation sites (tertiary alicyclic amines) is 3. The lowest BCUT2D eigenvalue weighted by atomic mass is 9.70. The van der Waals surface area contributed by atoms with Gasteiger partial charge in [0.1, 0.15) is 5.69 Å². The highest BCUT2D eigenvalue weighted by atomic mass is 19.3. The van der Waals surface area contributed by atoms with Crippen molar-refractivity contribution in [1.29, 1.82) is 0 Å². The zero-order chi connectivity index (χ0) is 44.0. The Labute approximate surface area is 365 Å². The molecule has 0 radical (unpaired) electrons. The monoisotopic (exact) mass is 865 g/mol. The van der Waals surface area contributed by atoms with Crippen LogP contribution in [0.5, 0.6) is 0 Å². The molecule has 10 rings (SSSR count). The normalized spacial score (nSPS) is 22.1. The van der Waals surface area contributed by atoms with E-state index in [1.54, 1.807) is 19.2 Å². The fourth-order valence-electron chi connectivity index (χ4n) is 10.2. The van der Waals surface area contributed by atoms with E-state index in [1.807, 2.05) is 52.0 Å². The number of carbonyl (C=O) groups is 4. The van der Waals surface area contributed by atoms with E-state index in [2.05, 4.69) is 20.5 Å². The van der Waals surface area contributed by atoms with Gasteiger partial charge in [-0.25, -0.2) is 23.1 Å². The summed E-state index contributed by atoms with van der Waals surface area (Å²) in [6, 6.07) is 12.0. The second-order valence-corrected chi connectivity index (χ2v) is 18.1. The predicted octanol–water partition coefficient (Wildman–Crippen LogP) is 5.72. The number of fused-ring (bicyclic) bond motifs is 2. The van der Waals surface area contributed by atoms with E-state index in [-0.39, 0.29) is 42.4 Å². The Balaban J connectivity index is 0.00000161. The van der Waals surface area contributed by atoms with Crippen LogP contribution < -0.4 is 26.2 Å². The Morgan fingerprint density at radius 1 is 0.905 bits per heavy atom. The van der Waals surface area contributed by atoms with Gasteiger partial charge >= 0.3 is 6.03 Å². The summed E-state index contributed by atoms with van der Waals surface area (Å²) in [5.41, 5.74) is 12.1. The average molecular weight is 866 g/mol. The molecule has 2 aromatic carbocycles. The molecular weight excluding hydrogens is 809 g/mol. The van der Waals surface area contributed by atoms with Crippen molar-refractivity contribution in [3.8, 4) is 0 Å². The maximum Gasteiger partial charge on any atom is 0.328 e. The quantitative estimate of drug-likeness (QED) is 0.200. The number of imide groups is 1. The molecule has 1 saturated carbocycles. The van der Waals surface area contributed by atoms with Crippen LogP contribution in [-0.2, 0) is 17.8 Å². The average Bonchev–Trinajstić information content (AvgIpc) is 3.99. The molecule has 0 bridgehead atoms. The standard InChI is InChI=1S/C43H51F2N11O4.C3H6/c1-27-6-7-28(22-33(27)55-17-10-37(57)49-41(55)60)40(59)53-20-13-42(14-21-53)11-18-52(19-12-42)35-9-15-51(26-43(35,44)45)25-29-4-3-5-32-30(29)8-16-54(32)36-23-31(47-2)39-48-24-34(38(46)58)56(39)50-36;1-2-3-1/h3-7,22-24,35,47H,8-21,25-26H2,1-2H3,(H2,46,58)(H,49,57,60);1-3H2. The summed E-state index contributed by atoms with van der Waals surface area (Å²) >= 11 is 0. The summed E-state index contributed by atoms with van der Waals surface area (Å²) in [7, 11) is 1.78. The van der Waals surface area contributed by atoms with E-state index < -0.39 is 23.9 Å². The van der Waals surface area contributed by atoms with Gasteiger partial charge in [-0.2, -0.15) is 0 Å². The SMILES string of the molecule is C1CC1.CNc1cc(N2CCc3c(CN4CCC(N5CCC6(CCN(C(=O)c7ccc(C)c(N8CCC(=O)NC8=O)c7)CC6)CC5)C(F)(F)C4)cccc32)nn2c(C(N)=O)cnc12. The van der Waals surface area contributed by atoms with Crippen LogP contribution in [0.25, 0.3) is 5.65 Å². The highest BCUT2D eigenvalue weighted by Crippen LogP contribution is 2.45. The number of aromatic nitrogens is 3. The number of hydrogen-bond acceptors (Lipinski definition) is 10. The molecule has 15 nitrogen and oxygen atoms in total. The number of nitrogens with zero attached hydrogens (tertiary/aromatic N) is 8. The first-order chi connectivity index (χ1) is 30.3. The molecule has 334 valence electrons. The van der Waals surface area contributed by atoms with Crippen molar-refractivity contribution in [2.45, 2.75) is 89.6 Å². The summed E-state index contributed by atoms with van der Waals surface area (Å²) in [6.45, 7) is 5.92. The van der Waals surface area contributed by atoms with Crippen LogP contribution in [0, 0.1) is 12.3 Å². The Bertz CT molecular complexity index is 2420. The van der Waals surface area contributed by atoms with Gasteiger partial charge in [0.05, 0.1) is 24.5 Å². The third-order valence-electron chi connectivity index (χ3n) is 14.0. The van der Waals surface area contributed by atoms with Crippen molar-refractivity contribution in [3.05, 3.63) is 76.6 Å². The molecule has 63 heavy (non-hydrogen) atoms. The van der Waals surface area contributed by atoms with Gasteiger partial charge in [-0.05, 0) is 98.8 Å². The lowest BCUT2D eigenvalue weighted by Crippen LogP contribution is -2.60. The topological polar surface area (TPSA) is 165 Å². The van der Waals surface area contributed by atoms with Crippen LogP contribution in [0.3, 0.4) is 0 Å². The molecule has 1 unspecified atom stereocenters. The number of halogens is 2. The second-order valence-electron chi connectivity index (χ2n) is 18.1. The van der Waals surface area contributed by atoms with Crippen LogP contribution in [-0.4, -0.2) is 124 Å². The van der Waals surface area contributed by atoms with Gasteiger partial charge < -0.3 is 20.9 Å². The summed E-state index contributed by atoms with van der Waals surface area (Å²) < 4.78 is 33.7. The first-order valence-corrected chi connectivity index (χ1v) is 22.4. The zero-order valence-corrected chi connectivity index (χ0v) is 36.2. The Hall–Kier alpha value is -5.68. The van der Waals surface area contributed by atoms with Crippen molar-refractivity contribution in [2.24, 2.45) is 11.1 Å². The number of alkyl halides is 2. The van der Waals surface area contributed by atoms with E-state index in [0.717, 1.165) is 54.5 Å². The fourth-order valence-corrected chi connectivity index (χ4v) is 10.2. The van der Waals surface area contributed by atoms with Gasteiger partial charge in [0, 0.05) is 75.7 Å². The second kappa shape index (κ2) is 17.1. The van der Waals surface area contributed by atoms with Gasteiger partial charge in [0.15, 0.2) is 11.5 Å². The Morgan fingerprint density at radius 2 is 1.63 bits per heavy atom. The highest BCUT2D eigenvalue weighted by molar-refractivity contribution is 6.06. The van der Waals surface area contributed by atoms with E-state index in [9.17, 15) is 19.2 Å². The lowest BCUT2D eigenvalue weighted by molar-refractivity contribution is -0.139. The zero-order valence-electron chi connectivity index (χ0n) is 36.2. The van der Waals surface area contributed by atoms with Gasteiger partial charge in [-0.3, -0.25) is 34.4 Å². The summed E-state index contributed by atoms with van der Waals surface area (Å²) in [5, 5.41) is 10.2.